The Morgan fingerprint density at radius 3 is 2.94 bits per heavy atom. The SMILES string of the molecule is CC1(C(=O)Nc2ccc(Br)cc2N)CCCO1. The lowest BCUT2D eigenvalue weighted by molar-refractivity contribution is -0.133. The summed E-state index contributed by atoms with van der Waals surface area (Å²) in [6, 6.07) is 5.37. The van der Waals surface area contributed by atoms with Crippen LogP contribution in [-0.4, -0.2) is 18.1 Å². The molecule has 1 aliphatic heterocycles. The van der Waals surface area contributed by atoms with Gasteiger partial charge in [-0.2, -0.15) is 0 Å². The van der Waals surface area contributed by atoms with Gasteiger partial charge in [0.1, 0.15) is 5.60 Å². The van der Waals surface area contributed by atoms with Crippen LogP contribution in [0.1, 0.15) is 19.8 Å². The number of nitrogen functional groups attached to an aromatic ring is 1. The second kappa shape index (κ2) is 4.66. The Morgan fingerprint density at radius 1 is 1.59 bits per heavy atom. The van der Waals surface area contributed by atoms with Gasteiger partial charge in [0, 0.05) is 11.1 Å². The number of benzene rings is 1. The van der Waals surface area contributed by atoms with Crippen molar-refractivity contribution in [1.82, 2.24) is 0 Å². The van der Waals surface area contributed by atoms with Gasteiger partial charge < -0.3 is 15.8 Å². The predicted molar refractivity (Wildman–Crippen MR) is 70.8 cm³/mol. The van der Waals surface area contributed by atoms with Gasteiger partial charge in [0.2, 0.25) is 0 Å². The lowest BCUT2D eigenvalue weighted by Crippen LogP contribution is -2.39. The van der Waals surface area contributed by atoms with Crippen molar-refractivity contribution in [3.05, 3.63) is 22.7 Å². The zero-order valence-electron chi connectivity index (χ0n) is 9.63. The molecule has 0 radical (unpaired) electrons. The van der Waals surface area contributed by atoms with Gasteiger partial charge in [-0.25, -0.2) is 0 Å². The van der Waals surface area contributed by atoms with E-state index in [4.69, 9.17) is 10.5 Å². The first-order valence-electron chi connectivity index (χ1n) is 5.52. The number of anilines is 2. The van der Waals surface area contributed by atoms with Gasteiger partial charge in [0.15, 0.2) is 0 Å². The third-order valence-corrected chi connectivity index (χ3v) is 3.45. The molecule has 1 aliphatic rings. The quantitative estimate of drug-likeness (QED) is 0.825. The van der Waals surface area contributed by atoms with Gasteiger partial charge in [-0.05, 0) is 38.0 Å². The number of carbonyl (C=O) groups is 1. The van der Waals surface area contributed by atoms with Crippen LogP contribution in [0.5, 0.6) is 0 Å². The Bertz CT molecular complexity index is 442. The fourth-order valence-electron chi connectivity index (χ4n) is 1.86. The van der Waals surface area contributed by atoms with E-state index in [9.17, 15) is 4.79 Å². The molecule has 3 N–H and O–H groups in total. The van der Waals surface area contributed by atoms with E-state index in [2.05, 4.69) is 21.2 Å². The third-order valence-electron chi connectivity index (χ3n) is 2.96. The van der Waals surface area contributed by atoms with Gasteiger partial charge in [-0.1, -0.05) is 15.9 Å². The van der Waals surface area contributed by atoms with Crippen LogP contribution in [0.4, 0.5) is 11.4 Å². The molecule has 1 amide bonds. The van der Waals surface area contributed by atoms with Crippen LogP contribution in [0, 0.1) is 0 Å². The first-order chi connectivity index (χ1) is 8.01. The summed E-state index contributed by atoms with van der Waals surface area (Å²) in [6.07, 6.45) is 1.66. The summed E-state index contributed by atoms with van der Waals surface area (Å²) in [5, 5.41) is 2.81. The van der Waals surface area contributed by atoms with Crippen LogP contribution in [-0.2, 0) is 9.53 Å². The molecule has 0 aliphatic carbocycles. The van der Waals surface area contributed by atoms with Crippen molar-refractivity contribution in [2.45, 2.75) is 25.4 Å². The van der Waals surface area contributed by atoms with E-state index in [1.54, 1.807) is 12.1 Å². The zero-order chi connectivity index (χ0) is 12.5. The smallest absolute Gasteiger partial charge is 0.256 e. The molecule has 1 fully saturated rings. The van der Waals surface area contributed by atoms with E-state index in [0.29, 0.717) is 18.0 Å². The van der Waals surface area contributed by atoms with Crippen LogP contribution in [0.15, 0.2) is 22.7 Å². The molecule has 92 valence electrons. The van der Waals surface area contributed by atoms with Crippen LogP contribution in [0.2, 0.25) is 0 Å². The highest BCUT2D eigenvalue weighted by molar-refractivity contribution is 9.10. The third kappa shape index (κ3) is 2.61. The molecular formula is C12H15BrN2O2. The van der Waals surface area contributed by atoms with E-state index in [0.717, 1.165) is 17.3 Å². The molecule has 0 bridgehead atoms. The van der Waals surface area contributed by atoms with Crippen LogP contribution in [0.25, 0.3) is 0 Å². The maximum atomic E-state index is 12.1. The minimum absolute atomic E-state index is 0.135. The minimum Gasteiger partial charge on any atom is -0.397 e. The van der Waals surface area contributed by atoms with Gasteiger partial charge in [0.05, 0.1) is 11.4 Å². The Morgan fingerprint density at radius 2 is 2.35 bits per heavy atom. The van der Waals surface area contributed by atoms with Crippen molar-refractivity contribution >= 4 is 33.2 Å². The summed E-state index contributed by atoms with van der Waals surface area (Å²) < 4.78 is 6.36. The summed E-state index contributed by atoms with van der Waals surface area (Å²) >= 11 is 3.32. The van der Waals surface area contributed by atoms with Crippen LogP contribution >= 0.6 is 15.9 Å². The van der Waals surface area contributed by atoms with Crippen molar-refractivity contribution in [2.24, 2.45) is 0 Å². The first-order valence-corrected chi connectivity index (χ1v) is 6.31. The molecule has 5 heteroatoms. The summed E-state index contributed by atoms with van der Waals surface area (Å²) in [5.74, 6) is -0.135. The van der Waals surface area contributed by atoms with Crippen molar-refractivity contribution in [2.75, 3.05) is 17.7 Å². The maximum absolute atomic E-state index is 12.1. The highest BCUT2D eigenvalue weighted by Crippen LogP contribution is 2.29. The molecule has 1 atom stereocenters. The van der Waals surface area contributed by atoms with Gasteiger partial charge in [0.25, 0.3) is 5.91 Å². The average molecular weight is 299 g/mol. The average Bonchev–Trinajstić information content (AvgIpc) is 2.71. The molecule has 1 aromatic carbocycles. The number of nitrogens with one attached hydrogen (secondary N) is 1. The second-order valence-electron chi connectivity index (χ2n) is 4.37. The van der Waals surface area contributed by atoms with Crippen molar-refractivity contribution < 1.29 is 9.53 Å². The molecule has 0 spiro atoms. The lowest BCUT2D eigenvalue weighted by atomic mass is 10.0. The van der Waals surface area contributed by atoms with E-state index in [-0.39, 0.29) is 5.91 Å². The number of ether oxygens (including phenoxy) is 1. The molecule has 2 rings (SSSR count). The molecule has 0 aromatic heterocycles. The van der Waals surface area contributed by atoms with Crippen molar-refractivity contribution in [1.29, 1.82) is 0 Å². The molecule has 1 unspecified atom stereocenters. The van der Waals surface area contributed by atoms with Gasteiger partial charge in [-0.15, -0.1) is 0 Å². The van der Waals surface area contributed by atoms with Crippen LogP contribution in [0.3, 0.4) is 0 Å². The molecule has 17 heavy (non-hydrogen) atoms. The monoisotopic (exact) mass is 298 g/mol. The van der Waals surface area contributed by atoms with E-state index in [1.165, 1.54) is 0 Å². The molecule has 4 nitrogen and oxygen atoms in total. The highest BCUT2D eigenvalue weighted by atomic mass is 79.9. The summed E-state index contributed by atoms with van der Waals surface area (Å²) in [4.78, 5) is 12.1. The number of halogens is 1. The molecular weight excluding hydrogens is 284 g/mol. The normalized spacial score (nSPS) is 23.6. The number of hydrogen-bond acceptors (Lipinski definition) is 3. The molecule has 1 heterocycles. The standard InChI is InChI=1S/C12H15BrN2O2/c1-12(5-2-6-17-12)11(16)15-10-4-3-8(13)7-9(10)14/h3-4,7H,2,5-6,14H2,1H3,(H,15,16). The van der Waals surface area contributed by atoms with E-state index < -0.39 is 5.60 Å². The minimum atomic E-state index is -0.723. The fraction of sp³-hybridized carbons (Fsp3) is 0.417. The summed E-state index contributed by atoms with van der Waals surface area (Å²) in [5.41, 5.74) is 6.26. The Labute approximate surface area is 109 Å². The lowest BCUT2D eigenvalue weighted by Gasteiger charge is -2.22. The van der Waals surface area contributed by atoms with Gasteiger partial charge in [-0.3, -0.25) is 4.79 Å². The number of nitrogens with two attached hydrogens (primary N) is 1. The summed E-state index contributed by atoms with van der Waals surface area (Å²) in [7, 11) is 0. The van der Waals surface area contributed by atoms with E-state index >= 15 is 0 Å². The second-order valence-corrected chi connectivity index (χ2v) is 5.28. The Balaban J connectivity index is 2.13. The van der Waals surface area contributed by atoms with Crippen molar-refractivity contribution in [3.8, 4) is 0 Å². The van der Waals surface area contributed by atoms with Gasteiger partial charge >= 0.3 is 0 Å². The molecule has 1 aromatic rings. The number of hydrogen-bond donors (Lipinski definition) is 2. The number of rotatable bonds is 2. The van der Waals surface area contributed by atoms with E-state index in [1.807, 2.05) is 13.0 Å². The van der Waals surface area contributed by atoms with Crippen LogP contribution < -0.4 is 11.1 Å². The maximum Gasteiger partial charge on any atom is 0.256 e. The zero-order valence-corrected chi connectivity index (χ0v) is 11.2. The Kier molecular flexibility index (Phi) is 3.40. The number of carbonyl (C=O) groups excluding carboxylic acids is 1. The predicted octanol–water partition coefficient (Wildman–Crippen LogP) is 2.54. The number of amides is 1. The summed E-state index contributed by atoms with van der Waals surface area (Å²) in [6.45, 7) is 2.45. The fourth-order valence-corrected chi connectivity index (χ4v) is 2.24. The topological polar surface area (TPSA) is 64.4 Å². The molecule has 0 saturated carbocycles. The Hall–Kier alpha value is -1.07. The highest BCUT2D eigenvalue weighted by Gasteiger charge is 2.37. The molecule has 1 saturated heterocycles. The van der Waals surface area contributed by atoms with Crippen molar-refractivity contribution in [3.63, 3.8) is 0 Å². The first kappa shape index (κ1) is 12.4. The largest absolute Gasteiger partial charge is 0.397 e.